The Labute approximate surface area is 92.7 Å². The highest BCUT2D eigenvalue weighted by atomic mass is 15.0. The van der Waals surface area contributed by atoms with Crippen molar-refractivity contribution in [3.05, 3.63) is 18.2 Å². The van der Waals surface area contributed by atoms with Crippen molar-refractivity contribution in [3.8, 4) is 0 Å². The number of unbranched alkanes of at least 4 members (excludes halogenated alkanes) is 4. The lowest BCUT2D eigenvalue weighted by molar-refractivity contribution is 0.517. The van der Waals surface area contributed by atoms with E-state index >= 15 is 0 Å². The van der Waals surface area contributed by atoms with E-state index in [0.717, 1.165) is 12.4 Å². The Bertz CT molecular complexity index is 231. The number of hydrogen-bond acceptors (Lipinski definition) is 2. The topological polar surface area (TPSA) is 40.7 Å². The average molecular weight is 209 g/mol. The molecule has 3 heteroatoms. The van der Waals surface area contributed by atoms with Crippen molar-refractivity contribution < 1.29 is 0 Å². The summed E-state index contributed by atoms with van der Waals surface area (Å²) in [5, 5.41) is 3.47. The number of rotatable bonds is 8. The Morgan fingerprint density at radius 2 is 2.13 bits per heavy atom. The number of aromatic amines is 1. The molecule has 86 valence electrons. The van der Waals surface area contributed by atoms with Gasteiger partial charge in [-0.3, -0.25) is 0 Å². The molecule has 0 bridgehead atoms. The first-order chi connectivity index (χ1) is 7.34. The van der Waals surface area contributed by atoms with Crippen LogP contribution in [-0.2, 0) is 0 Å². The van der Waals surface area contributed by atoms with Gasteiger partial charge in [0.15, 0.2) is 0 Å². The maximum atomic E-state index is 4.23. The van der Waals surface area contributed by atoms with Crippen molar-refractivity contribution >= 4 is 0 Å². The molecule has 1 aromatic rings. The molecule has 0 saturated carbocycles. The highest BCUT2D eigenvalue weighted by Crippen LogP contribution is 2.06. The molecule has 15 heavy (non-hydrogen) atoms. The van der Waals surface area contributed by atoms with E-state index in [0.29, 0.717) is 6.04 Å². The normalized spacial score (nSPS) is 12.9. The van der Waals surface area contributed by atoms with Crippen molar-refractivity contribution in [2.75, 3.05) is 6.54 Å². The summed E-state index contributed by atoms with van der Waals surface area (Å²) in [7, 11) is 0. The molecule has 0 aromatic carbocycles. The summed E-state index contributed by atoms with van der Waals surface area (Å²) < 4.78 is 0. The molecule has 0 radical (unpaired) electrons. The van der Waals surface area contributed by atoms with E-state index in [1.54, 1.807) is 6.20 Å². The van der Waals surface area contributed by atoms with Crippen LogP contribution in [0.5, 0.6) is 0 Å². The number of hydrogen-bond donors (Lipinski definition) is 2. The first-order valence-corrected chi connectivity index (χ1v) is 6.07. The maximum absolute atomic E-state index is 4.23. The SMILES string of the molecule is CCCCCCCNC(C)c1ncc[nH]1. The van der Waals surface area contributed by atoms with Crippen LogP contribution in [0.3, 0.4) is 0 Å². The summed E-state index contributed by atoms with van der Waals surface area (Å²) in [4.78, 5) is 7.35. The van der Waals surface area contributed by atoms with Crippen molar-refractivity contribution in [1.82, 2.24) is 15.3 Å². The quantitative estimate of drug-likeness (QED) is 0.646. The van der Waals surface area contributed by atoms with Gasteiger partial charge in [-0.15, -0.1) is 0 Å². The van der Waals surface area contributed by atoms with Gasteiger partial charge in [0.05, 0.1) is 6.04 Å². The van der Waals surface area contributed by atoms with Gasteiger partial charge in [-0.25, -0.2) is 4.98 Å². The van der Waals surface area contributed by atoms with Crippen LogP contribution in [0.25, 0.3) is 0 Å². The van der Waals surface area contributed by atoms with Crippen molar-refractivity contribution in [2.45, 2.75) is 52.0 Å². The number of aromatic nitrogens is 2. The minimum absolute atomic E-state index is 0.339. The lowest BCUT2D eigenvalue weighted by Crippen LogP contribution is -2.20. The van der Waals surface area contributed by atoms with Gasteiger partial charge in [-0.1, -0.05) is 32.6 Å². The fourth-order valence-electron chi connectivity index (χ4n) is 1.66. The van der Waals surface area contributed by atoms with Gasteiger partial charge in [0, 0.05) is 12.4 Å². The molecular weight excluding hydrogens is 186 g/mol. The van der Waals surface area contributed by atoms with Gasteiger partial charge in [0.1, 0.15) is 5.82 Å². The Balaban J connectivity index is 2.00. The molecule has 0 aliphatic carbocycles. The van der Waals surface area contributed by atoms with E-state index in [1.807, 2.05) is 6.20 Å². The summed E-state index contributed by atoms with van der Waals surface area (Å²) in [5.41, 5.74) is 0. The van der Waals surface area contributed by atoms with E-state index in [2.05, 4.69) is 29.1 Å². The zero-order valence-electron chi connectivity index (χ0n) is 9.92. The molecule has 0 amide bonds. The Kier molecular flexibility index (Phi) is 6.09. The smallest absolute Gasteiger partial charge is 0.122 e. The number of nitrogens with zero attached hydrogens (tertiary/aromatic N) is 1. The van der Waals surface area contributed by atoms with Crippen molar-refractivity contribution in [3.63, 3.8) is 0 Å². The van der Waals surface area contributed by atoms with Crippen molar-refractivity contribution in [2.24, 2.45) is 0 Å². The summed E-state index contributed by atoms with van der Waals surface area (Å²) in [6, 6.07) is 0.339. The van der Waals surface area contributed by atoms with Gasteiger partial charge in [0.25, 0.3) is 0 Å². The molecule has 3 nitrogen and oxygen atoms in total. The van der Waals surface area contributed by atoms with Crippen LogP contribution in [-0.4, -0.2) is 16.5 Å². The predicted octanol–water partition coefficient (Wildman–Crippen LogP) is 3.03. The third-order valence-electron chi connectivity index (χ3n) is 2.66. The van der Waals surface area contributed by atoms with Crippen LogP contribution in [0, 0.1) is 0 Å². The molecule has 1 unspecified atom stereocenters. The van der Waals surface area contributed by atoms with E-state index in [9.17, 15) is 0 Å². The minimum atomic E-state index is 0.339. The molecule has 0 aliphatic heterocycles. The summed E-state index contributed by atoms with van der Waals surface area (Å²) in [6.07, 6.45) is 10.3. The van der Waals surface area contributed by atoms with Gasteiger partial charge in [-0.2, -0.15) is 0 Å². The van der Waals surface area contributed by atoms with E-state index in [1.165, 1.54) is 32.1 Å². The third kappa shape index (κ3) is 4.98. The fourth-order valence-corrected chi connectivity index (χ4v) is 1.66. The third-order valence-corrected chi connectivity index (χ3v) is 2.66. The van der Waals surface area contributed by atoms with Crippen LogP contribution in [0.1, 0.15) is 57.8 Å². The lowest BCUT2D eigenvalue weighted by Gasteiger charge is -2.10. The van der Waals surface area contributed by atoms with Gasteiger partial charge in [0.2, 0.25) is 0 Å². The first kappa shape index (κ1) is 12.2. The second-order valence-electron chi connectivity index (χ2n) is 4.06. The number of H-pyrrole nitrogens is 1. The van der Waals surface area contributed by atoms with Crippen LogP contribution >= 0.6 is 0 Å². The van der Waals surface area contributed by atoms with Gasteiger partial charge >= 0.3 is 0 Å². The zero-order valence-corrected chi connectivity index (χ0v) is 9.92. The second-order valence-corrected chi connectivity index (χ2v) is 4.06. The van der Waals surface area contributed by atoms with Crippen LogP contribution < -0.4 is 5.32 Å². The zero-order chi connectivity index (χ0) is 10.9. The molecular formula is C12H23N3. The molecule has 1 aromatic heterocycles. The summed E-state index contributed by atoms with van der Waals surface area (Å²) in [5.74, 6) is 1.03. The van der Waals surface area contributed by atoms with E-state index in [-0.39, 0.29) is 0 Å². The highest BCUT2D eigenvalue weighted by Gasteiger charge is 2.04. The molecule has 1 rings (SSSR count). The van der Waals surface area contributed by atoms with Crippen molar-refractivity contribution in [1.29, 1.82) is 0 Å². The predicted molar refractivity (Wildman–Crippen MR) is 63.8 cm³/mol. The summed E-state index contributed by atoms with van der Waals surface area (Å²) >= 11 is 0. The van der Waals surface area contributed by atoms with E-state index < -0.39 is 0 Å². The monoisotopic (exact) mass is 209 g/mol. The largest absolute Gasteiger partial charge is 0.347 e. The molecule has 0 saturated heterocycles. The molecule has 0 aliphatic rings. The molecule has 1 heterocycles. The minimum Gasteiger partial charge on any atom is -0.347 e. The number of imidazole rings is 1. The van der Waals surface area contributed by atoms with Crippen LogP contribution in [0.15, 0.2) is 12.4 Å². The highest BCUT2D eigenvalue weighted by molar-refractivity contribution is 4.93. The van der Waals surface area contributed by atoms with E-state index in [4.69, 9.17) is 0 Å². The Hall–Kier alpha value is -0.830. The fraction of sp³-hybridized carbons (Fsp3) is 0.750. The lowest BCUT2D eigenvalue weighted by atomic mass is 10.1. The molecule has 0 fully saturated rings. The summed E-state index contributed by atoms with van der Waals surface area (Å²) in [6.45, 7) is 5.48. The van der Waals surface area contributed by atoms with Crippen LogP contribution in [0.2, 0.25) is 0 Å². The molecule has 0 spiro atoms. The second kappa shape index (κ2) is 7.46. The average Bonchev–Trinajstić information content (AvgIpc) is 2.76. The number of nitrogens with one attached hydrogen (secondary N) is 2. The molecule has 1 atom stereocenters. The Morgan fingerprint density at radius 1 is 1.33 bits per heavy atom. The van der Waals surface area contributed by atoms with Gasteiger partial charge in [-0.05, 0) is 19.9 Å². The Morgan fingerprint density at radius 3 is 2.80 bits per heavy atom. The van der Waals surface area contributed by atoms with Gasteiger partial charge < -0.3 is 10.3 Å². The standard InChI is InChI=1S/C12H23N3/c1-3-4-5-6-7-8-13-11(2)12-14-9-10-15-12/h9-11,13H,3-8H2,1-2H3,(H,14,15). The maximum Gasteiger partial charge on any atom is 0.122 e. The first-order valence-electron chi connectivity index (χ1n) is 6.07. The van der Waals surface area contributed by atoms with Crippen LogP contribution in [0.4, 0.5) is 0 Å². The molecule has 2 N–H and O–H groups in total.